The summed E-state index contributed by atoms with van der Waals surface area (Å²) in [6, 6.07) is 11.7. The number of esters is 1. The minimum Gasteiger partial charge on any atom is -0.495 e. The van der Waals surface area contributed by atoms with Crippen LogP contribution >= 0.6 is 11.6 Å². The quantitative estimate of drug-likeness (QED) is 0.514. The third-order valence-electron chi connectivity index (χ3n) is 3.77. The minimum absolute atomic E-state index is 0.261. The maximum Gasteiger partial charge on any atom is 0.321 e. The Bertz CT molecular complexity index is 1060. The van der Waals surface area contributed by atoms with Crippen LogP contribution in [0.4, 0.5) is 5.69 Å². The Kier molecular flexibility index (Phi) is 8.86. The van der Waals surface area contributed by atoms with E-state index >= 15 is 0 Å². The molecule has 0 atom stereocenters. The van der Waals surface area contributed by atoms with Crippen molar-refractivity contribution in [1.29, 1.82) is 0 Å². The molecule has 2 rings (SSSR count). The van der Waals surface area contributed by atoms with E-state index in [9.17, 15) is 18.0 Å². The van der Waals surface area contributed by atoms with E-state index in [0.29, 0.717) is 11.3 Å². The number of hydrogen-bond acceptors (Lipinski definition) is 7. The van der Waals surface area contributed by atoms with Gasteiger partial charge in [-0.25, -0.2) is 13.1 Å². The fourth-order valence-corrected chi connectivity index (χ4v) is 3.26. The zero-order valence-electron chi connectivity index (χ0n) is 16.8. The summed E-state index contributed by atoms with van der Waals surface area (Å²) < 4.78 is 40.9. The van der Waals surface area contributed by atoms with Gasteiger partial charge in [-0.15, -0.1) is 0 Å². The largest absolute Gasteiger partial charge is 0.495 e. The number of rotatable bonds is 10. The second kappa shape index (κ2) is 11.3. The van der Waals surface area contributed by atoms with Crippen LogP contribution in [0.5, 0.6) is 11.5 Å². The van der Waals surface area contributed by atoms with Gasteiger partial charge in [0.05, 0.1) is 24.9 Å². The number of methoxy groups -OCH3 is 2. The first-order valence-corrected chi connectivity index (χ1v) is 10.8. The lowest BCUT2D eigenvalue weighted by molar-refractivity contribution is -0.146. The molecule has 0 radical (unpaired) electrons. The third kappa shape index (κ3) is 7.93. The first-order valence-electron chi connectivity index (χ1n) is 8.84. The molecule has 0 aromatic heterocycles. The molecule has 0 bridgehead atoms. The van der Waals surface area contributed by atoms with E-state index in [2.05, 4.69) is 10.0 Å². The predicted octanol–water partition coefficient (Wildman–Crippen LogP) is 2.43. The van der Waals surface area contributed by atoms with Crippen LogP contribution in [-0.4, -0.2) is 47.7 Å². The van der Waals surface area contributed by atoms with Crippen LogP contribution in [0.15, 0.2) is 47.9 Å². The van der Waals surface area contributed by atoms with E-state index in [1.807, 2.05) is 0 Å². The van der Waals surface area contributed by atoms with Crippen LogP contribution in [0.1, 0.15) is 5.56 Å². The molecule has 1 amide bonds. The van der Waals surface area contributed by atoms with Crippen LogP contribution in [0.3, 0.4) is 0 Å². The topological polar surface area (TPSA) is 120 Å². The second-order valence-corrected chi connectivity index (χ2v) is 8.03. The molecule has 2 aromatic carbocycles. The van der Waals surface area contributed by atoms with E-state index in [1.165, 1.54) is 32.4 Å². The van der Waals surface area contributed by atoms with E-state index in [4.69, 9.17) is 25.8 Å². The molecule has 11 heteroatoms. The Balaban J connectivity index is 1.84. The number of amides is 1. The lowest BCUT2D eigenvalue weighted by Crippen LogP contribution is -2.31. The smallest absolute Gasteiger partial charge is 0.321 e. The fraction of sp³-hybridized carbons (Fsp3) is 0.200. The maximum absolute atomic E-state index is 12.1. The first kappa shape index (κ1) is 24.2. The highest BCUT2D eigenvalue weighted by atomic mass is 35.5. The normalized spacial score (nSPS) is 11.2. The predicted molar refractivity (Wildman–Crippen MR) is 117 cm³/mol. The van der Waals surface area contributed by atoms with E-state index in [1.54, 1.807) is 30.3 Å². The summed E-state index contributed by atoms with van der Waals surface area (Å²) in [4.78, 5) is 23.8. The Labute approximate surface area is 185 Å². The SMILES string of the molecule is COc1cc(NC(=O)COC(=O)CNS(=O)(=O)/C=C/c2ccccc2)c(OC)cc1Cl. The van der Waals surface area contributed by atoms with Gasteiger partial charge in [0.1, 0.15) is 18.0 Å². The molecule has 9 nitrogen and oxygen atoms in total. The molecule has 0 saturated heterocycles. The number of hydrogen-bond donors (Lipinski definition) is 2. The fourth-order valence-electron chi connectivity index (χ4n) is 2.28. The van der Waals surface area contributed by atoms with Gasteiger partial charge < -0.3 is 19.5 Å². The van der Waals surface area contributed by atoms with Crippen molar-refractivity contribution in [3.05, 3.63) is 58.5 Å². The molecule has 0 aliphatic heterocycles. The molecule has 0 unspecified atom stereocenters. The van der Waals surface area contributed by atoms with E-state index < -0.39 is 35.1 Å². The van der Waals surface area contributed by atoms with Gasteiger partial charge in [0, 0.05) is 17.5 Å². The lowest BCUT2D eigenvalue weighted by Gasteiger charge is -2.13. The van der Waals surface area contributed by atoms with Gasteiger partial charge in [-0.05, 0) is 11.6 Å². The summed E-state index contributed by atoms with van der Waals surface area (Å²) in [6.07, 6.45) is 1.38. The molecule has 0 saturated carbocycles. The van der Waals surface area contributed by atoms with E-state index in [0.717, 1.165) is 5.41 Å². The number of nitrogens with one attached hydrogen (secondary N) is 2. The van der Waals surface area contributed by atoms with Crippen LogP contribution < -0.4 is 19.5 Å². The Hall–Kier alpha value is -3.08. The zero-order chi connectivity index (χ0) is 22.9. The molecule has 2 aromatic rings. The summed E-state index contributed by atoms with van der Waals surface area (Å²) in [7, 11) is -1.05. The van der Waals surface area contributed by atoms with Gasteiger partial charge >= 0.3 is 5.97 Å². The molecule has 0 spiro atoms. The molecule has 166 valence electrons. The van der Waals surface area contributed by atoms with Gasteiger partial charge in [0.2, 0.25) is 10.0 Å². The second-order valence-electron chi connectivity index (χ2n) is 5.98. The Morgan fingerprint density at radius 3 is 2.39 bits per heavy atom. The summed E-state index contributed by atoms with van der Waals surface area (Å²) in [6.45, 7) is -1.26. The van der Waals surface area contributed by atoms with Crippen molar-refractivity contribution < 1.29 is 32.2 Å². The standard InChI is InChI=1S/C20H21ClN2O7S/c1-28-17-11-16(18(29-2)10-15(17)21)23-19(24)13-30-20(25)12-22-31(26,27)9-8-14-6-4-3-5-7-14/h3-11,22H,12-13H2,1-2H3,(H,23,24)/b9-8+. The van der Waals surface area contributed by atoms with Gasteiger partial charge in [0.25, 0.3) is 5.91 Å². The number of benzene rings is 2. The number of halogens is 1. The average molecular weight is 469 g/mol. The van der Waals surface area contributed by atoms with Crippen molar-refractivity contribution in [1.82, 2.24) is 4.72 Å². The number of carbonyl (C=O) groups excluding carboxylic acids is 2. The van der Waals surface area contributed by atoms with Crippen molar-refractivity contribution in [3.63, 3.8) is 0 Å². The Morgan fingerprint density at radius 1 is 1.06 bits per heavy atom. The van der Waals surface area contributed by atoms with Gasteiger partial charge in [-0.2, -0.15) is 0 Å². The monoisotopic (exact) mass is 468 g/mol. The molecule has 0 aliphatic carbocycles. The van der Waals surface area contributed by atoms with Crippen molar-refractivity contribution in [2.24, 2.45) is 0 Å². The van der Waals surface area contributed by atoms with Crippen LogP contribution in [0, 0.1) is 0 Å². The number of sulfonamides is 1. The number of carbonyl (C=O) groups is 2. The van der Waals surface area contributed by atoms with Crippen molar-refractivity contribution >= 4 is 45.3 Å². The summed E-state index contributed by atoms with van der Waals surface area (Å²) in [5, 5.41) is 3.72. The van der Waals surface area contributed by atoms with Gasteiger partial charge in [-0.3, -0.25) is 9.59 Å². The molecule has 0 fully saturated rings. The number of ether oxygens (including phenoxy) is 3. The first-order chi connectivity index (χ1) is 14.7. The molecular weight excluding hydrogens is 448 g/mol. The van der Waals surface area contributed by atoms with Crippen LogP contribution in [-0.2, 0) is 24.3 Å². The Morgan fingerprint density at radius 2 is 1.74 bits per heavy atom. The molecule has 0 heterocycles. The average Bonchev–Trinajstić information content (AvgIpc) is 2.76. The molecule has 2 N–H and O–H groups in total. The number of anilines is 1. The zero-order valence-corrected chi connectivity index (χ0v) is 18.3. The lowest BCUT2D eigenvalue weighted by atomic mass is 10.2. The highest BCUT2D eigenvalue weighted by molar-refractivity contribution is 7.92. The maximum atomic E-state index is 12.1. The van der Waals surface area contributed by atoms with Gasteiger partial charge in [-0.1, -0.05) is 41.9 Å². The van der Waals surface area contributed by atoms with Crippen LogP contribution in [0.2, 0.25) is 5.02 Å². The summed E-state index contributed by atoms with van der Waals surface area (Å²) >= 11 is 6.00. The summed E-state index contributed by atoms with van der Waals surface area (Å²) in [5.41, 5.74) is 0.943. The molecule has 31 heavy (non-hydrogen) atoms. The third-order valence-corrected chi connectivity index (χ3v) is 5.11. The van der Waals surface area contributed by atoms with Gasteiger partial charge in [0.15, 0.2) is 6.61 Å². The minimum atomic E-state index is -3.86. The molecular formula is C20H21ClN2O7S. The highest BCUT2D eigenvalue weighted by Crippen LogP contribution is 2.35. The van der Waals surface area contributed by atoms with Crippen molar-refractivity contribution in [2.45, 2.75) is 0 Å². The molecule has 0 aliphatic rings. The summed E-state index contributed by atoms with van der Waals surface area (Å²) in [5.74, 6) is -0.994. The van der Waals surface area contributed by atoms with E-state index in [-0.39, 0.29) is 16.5 Å². The van der Waals surface area contributed by atoms with Crippen molar-refractivity contribution in [2.75, 3.05) is 32.7 Å². The van der Waals surface area contributed by atoms with Crippen molar-refractivity contribution in [3.8, 4) is 11.5 Å². The highest BCUT2D eigenvalue weighted by Gasteiger charge is 2.15. The van der Waals surface area contributed by atoms with Crippen LogP contribution in [0.25, 0.3) is 6.08 Å².